The monoisotopic (exact) mass is 651 g/mol. The highest BCUT2D eigenvalue weighted by molar-refractivity contribution is 7.99. The lowest BCUT2D eigenvalue weighted by molar-refractivity contribution is 0.0977. The van der Waals surface area contributed by atoms with Crippen LogP contribution in [0.4, 0.5) is 10.1 Å². The number of aryl methyl sites for hydroxylation is 1. The zero-order chi connectivity index (χ0) is 30.1. The number of benzene rings is 3. The number of hydrogen-bond donors (Lipinski definition) is 0. The third-order valence-corrected chi connectivity index (χ3v) is 10.1. The number of likely N-dealkylation sites (tertiary alicyclic amines) is 1. The third-order valence-electron chi connectivity index (χ3n) is 8.19. The Morgan fingerprint density at radius 1 is 0.953 bits per heavy atom. The second-order valence-electron chi connectivity index (χ2n) is 11.1. The first-order chi connectivity index (χ1) is 20.7. The summed E-state index contributed by atoms with van der Waals surface area (Å²) in [6, 6.07) is 21.9. The predicted molar refractivity (Wildman–Crippen MR) is 175 cm³/mol. The predicted octanol–water partition coefficient (Wildman–Crippen LogP) is 9.35. The molecule has 1 fully saturated rings. The number of carbonyl (C=O) groups excluding carboxylic acids is 1. The van der Waals surface area contributed by atoms with E-state index in [1.165, 1.54) is 17.7 Å². The number of hydrogen-bond acceptors (Lipinski definition) is 4. The maximum atomic E-state index is 13.9. The van der Waals surface area contributed by atoms with E-state index in [4.69, 9.17) is 34.8 Å². The van der Waals surface area contributed by atoms with Gasteiger partial charge in [0.2, 0.25) is 0 Å². The van der Waals surface area contributed by atoms with Gasteiger partial charge < -0.3 is 4.90 Å². The van der Waals surface area contributed by atoms with Gasteiger partial charge in [-0.25, -0.2) is 9.37 Å². The van der Waals surface area contributed by atoms with Gasteiger partial charge >= 0.3 is 0 Å². The molecule has 0 radical (unpaired) electrons. The molecule has 9 heteroatoms. The highest BCUT2D eigenvalue weighted by Gasteiger charge is 2.46. The highest BCUT2D eigenvalue weighted by Crippen LogP contribution is 2.49. The van der Waals surface area contributed by atoms with Gasteiger partial charge in [0.15, 0.2) is 0 Å². The lowest BCUT2D eigenvalue weighted by Crippen LogP contribution is -2.46. The molecule has 0 saturated carbocycles. The van der Waals surface area contributed by atoms with Crippen LogP contribution in [0, 0.1) is 12.7 Å². The molecule has 1 spiro atoms. The summed E-state index contributed by atoms with van der Waals surface area (Å²) >= 11 is 20.1. The van der Waals surface area contributed by atoms with Gasteiger partial charge in [0.1, 0.15) is 11.0 Å². The van der Waals surface area contributed by atoms with Gasteiger partial charge in [0, 0.05) is 45.2 Å². The van der Waals surface area contributed by atoms with Crippen LogP contribution in [0.3, 0.4) is 0 Å². The fourth-order valence-electron chi connectivity index (χ4n) is 5.98. The van der Waals surface area contributed by atoms with Crippen LogP contribution in [0.15, 0.2) is 88.7 Å². The second-order valence-corrected chi connectivity index (χ2v) is 13.5. The molecule has 2 aliphatic rings. The van der Waals surface area contributed by atoms with Crippen LogP contribution < -0.4 is 4.90 Å². The van der Waals surface area contributed by atoms with E-state index < -0.39 is 0 Å². The number of fused-ring (bicyclic) bond motifs is 2. The summed E-state index contributed by atoms with van der Waals surface area (Å²) in [5.74, 6) is -0.326. The first-order valence-corrected chi connectivity index (χ1v) is 16.0. The van der Waals surface area contributed by atoms with Crippen molar-refractivity contribution in [2.45, 2.75) is 35.0 Å². The Morgan fingerprint density at radius 3 is 2.42 bits per heavy atom. The van der Waals surface area contributed by atoms with Gasteiger partial charge in [0.05, 0.1) is 10.0 Å². The molecule has 1 saturated heterocycles. The summed E-state index contributed by atoms with van der Waals surface area (Å²) < 4.78 is 13.5. The minimum atomic E-state index is -0.253. The van der Waals surface area contributed by atoms with Gasteiger partial charge in [-0.05, 0) is 111 Å². The minimum Gasteiger partial charge on any atom is -0.307 e. The Hall–Kier alpha value is -2.87. The van der Waals surface area contributed by atoms with Crippen molar-refractivity contribution in [3.8, 4) is 0 Å². The van der Waals surface area contributed by atoms with Crippen molar-refractivity contribution in [3.63, 3.8) is 0 Å². The van der Waals surface area contributed by atoms with Gasteiger partial charge in [0.25, 0.3) is 5.91 Å². The van der Waals surface area contributed by atoms with Crippen molar-refractivity contribution < 1.29 is 9.18 Å². The molecule has 4 aromatic rings. The summed E-state index contributed by atoms with van der Waals surface area (Å²) in [7, 11) is 0. The number of amides is 1. The summed E-state index contributed by atoms with van der Waals surface area (Å²) in [6.07, 6.45) is 6.07. The van der Waals surface area contributed by atoms with Crippen molar-refractivity contribution in [2.75, 3.05) is 31.1 Å². The van der Waals surface area contributed by atoms with E-state index in [0.717, 1.165) is 53.5 Å². The number of carbonyl (C=O) groups is 1. The zero-order valence-corrected chi connectivity index (χ0v) is 26.6. The average molecular weight is 653 g/mol. The first kappa shape index (κ1) is 30.2. The summed E-state index contributed by atoms with van der Waals surface area (Å²) in [6.45, 7) is 5.08. The molecule has 0 aliphatic carbocycles. The Morgan fingerprint density at radius 2 is 1.70 bits per heavy atom. The maximum Gasteiger partial charge on any atom is 0.258 e. The number of aromatic nitrogens is 1. The minimum absolute atomic E-state index is 0.0727. The number of anilines is 1. The van der Waals surface area contributed by atoms with Crippen LogP contribution in [0.5, 0.6) is 0 Å². The number of halogens is 4. The van der Waals surface area contributed by atoms with E-state index in [9.17, 15) is 9.18 Å². The number of nitrogens with zero attached hydrogens (tertiary/aromatic N) is 3. The molecule has 2 aliphatic heterocycles. The molecule has 1 aromatic heterocycles. The van der Waals surface area contributed by atoms with Crippen molar-refractivity contribution in [1.82, 2.24) is 9.88 Å². The zero-order valence-electron chi connectivity index (χ0n) is 23.5. The number of pyridine rings is 1. The lowest BCUT2D eigenvalue weighted by atomic mass is 9.74. The van der Waals surface area contributed by atoms with E-state index in [0.29, 0.717) is 33.0 Å². The van der Waals surface area contributed by atoms with E-state index in [1.807, 2.05) is 36.1 Å². The molecule has 4 nitrogen and oxygen atoms in total. The lowest BCUT2D eigenvalue weighted by Gasteiger charge is -2.39. The summed E-state index contributed by atoms with van der Waals surface area (Å²) in [5.41, 5.74) is 4.22. The topological polar surface area (TPSA) is 36.4 Å². The van der Waals surface area contributed by atoms with Crippen molar-refractivity contribution >= 4 is 64.2 Å². The maximum absolute atomic E-state index is 13.9. The van der Waals surface area contributed by atoms with Crippen LogP contribution in [0.2, 0.25) is 15.2 Å². The first-order valence-electron chi connectivity index (χ1n) is 14.1. The molecule has 220 valence electrons. The Bertz CT molecular complexity index is 1680. The average Bonchev–Trinajstić information content (AvgIpc) is 3.29. The fraction of sp³-hybridized carbons (Fsp3) is 0.235. The van der Waals surface area contributed by atoms with Crippen molar-refractivity contribution in [1.29, 1.82) is 0 Å². The van der Waals surface area contributed by atoms with Crippen LogP contribution >= 0.6 is 46.6 Å². The van der Waals surface area contributed by atoms with Gasteiger partial charge in [-0.2, -0.15) is 0 Å². The van der Waals surface area contributed by atoms with Crippen LogP contribution in [-0.2, 0) is 5.41 Å². The van der Waals surface area contributed by atoms with E-state index in [1.54, 1.807) is 36.0 Å². The van der Waals surface area contributed by atoms with E-state index in [-0.39, 0.29) is 17.1 Å². The quantitative estimate of drug-likeness (QED) is 0.195. The molecule has 6 rings (SSSR count). The molecule has 3 aromatic carbocycles. The largest absolute Gasteiger partial charge is 0.307 e. The third kappa shape index (κ3) is 6.64. The molecule has 0 unspecified atom stereocenters. The summed E-state index contributed by atoms with van der Waals surface area (Å²) in [5, 5.41) is 1.40. The highest BCUT2D eigenvalue weighted by atomic mass is 35.5. The van der Waals surface area contributed by atoms with Crippen molar-refractivity contribution in [2.24, 2.45) is 0 Å². The van der Waals surface area contributed by atoms with Crippen LogP contribution in [0.25, 0.3) is 6.08 Å². The second kappa shape index (κ2) is 12.6. The van der Waals surface area contributed by atoms with Crippen LogP contribution in [-0.4, -0.2) is 42.0 Å². The van der Waals surface area contributed by atoms with E-state index in [2.05, 4.69) is 34.2 Å². The smallest absolute Gasteiger partial charge is 0.258 e. The fourth-order valence-corrected chi connectivity index (χ4v) is 7.40. The molecule has 0 N–H and O–H groups in total. The summed E-state index contributed by atoms with van der Waals surface area (Å²) in [4.78, 5) is 24.5. The standard InChI is InChI=1S/C34H29Cl3FN3OS/c1-22-17-24(19-32(37)39-22)33(42)41-21-34(28-20-27(9-11-31(28)41)43-26-7-5-25(38)6-8-26)12-15-40(16-13-34)14-2-3-23-4-10-29(35)30(36)18-23/h2-11,17-20H,12-16,21H2,1H3/b3-2+. The number of piperidine rings is 1. The Balaban J connectivity index is 1.24. The molecular formula is C34H29Cl3FN3OS. The van der Waals surface area contributed by atoms with Gasteiger partial charge in [-0.1, -0.05) is 64.8 Å². The molecule has 0 bridgehead atoms. The van der Waals surface area contributed by atoms with Crippen molar-refractivity contribution in [3.05, 3.63) is 122 Å². The molecular weight excluding hydrogens is 624 g/mol. The molecule has 43 heavy (non-hydrogen) atoms. The van der Waals surface area contributed by atoms with Gasteiger partial charge in [-0.15, -0.1) is 0 Å². The molecule has 3 heterocycles. The van der Waals surface area contributed by atoms with Crippen LogP contribution in [0.1, 0.15) is 40.0 Å². The Labute approximate surface area is 270 Å². The SMILES string of the molecule is Cc1cc(C(=O)N2CC3(CCN(C/C=C/c4ccc(Cl)c(Cl)c4)CC3)c3cc(Sc4ccc(F)cc4)ccc32)cc(Cl)n1. The van der Waals surface area contributed by atoms with E-state index >= 15 is 0 Å². The van der Waals surface area contributed by atoms with Gasteiger partial charge in [-0.3, -0.25) is 9.69 Å². The Kier molecular flexibility index (Phi) is 8.86. The molecule has 0 atom stereocenters. The molecule has 1 amide bonds. The normalized spacial score (nSPS) is 16.3. The number of rotatable bonds is 6.